The molecule has 0 atom stereocenters. The highest BCUT2D eigenvalue weighted by Crippen LogP contribution is 2.35. The summed E-state index contributed by atoms with van der Waals surface area (Å²) in [6.07, 6.45) is 4.49. The zero-order chi connectivity index (χ0) is 17.6. The molecule has 0 bridgehead atoms. The highest BCUT2D eigenvalue weighted by Gasteiger charge is 2.29. The van der Waals surface area contributed by atoms with E-state index >= 15 is 0 Å². The first-order chi connectivity index (χ1) is 11.9. The number of nitrogens with zero attached hydrogens (tertiary/aromatic N) is 1. The molecule has 132 valence electrons. The fraction of sp³-hybridized carbons (Fsp3) is 0.421. The van der Waals surface area contributed by atoms with Gasteiger partial charge in [-0.2, -0.15) is 0 Å². The molecule has 0 saturated carbocycles. The molecule has 2 aromatic carbocycles. The molecular formula is C19H22N2O3S. The molecule has 0 spiro atoms. The maximum absolute atomic E-state index is 12.7. The number of hydrogen-bond acceptors (Lipinski definition) is 3. The summed E-state index contributed by atoms with van der Waals surface area (Å²) in [4.78, 5) is 12.7. The fourth-order valence-electron chi connectivity index (χ4n) is 4.04. The van der Waals surface area contributed by atoms with Crippen LogP contribution in [0.3, 0.4) is 0 Å². The minimum absolute atomic E-state index is 0.00755. The summed E-state index contributed by atoms with van der Waals surface area (Å²) in [5.41, 5.74) is 3.56. The number of anilines is 1. The van der Waals surface area contributed by atoms with Crippen molar-refractivity contribution in [1.29, 1.82) is 0 Å². The van der Waals surface area contributed by atoms with Crippen molar-refractivity contribution in [3.05, 3.63) is 41.5 Å². The predicted molar refractivity (Wildman–Crippen MR) is 99.1 cm³/mol. The van der Waals surface area contributed by atoms with Gasteiger partial charge in [-0.3, -0.25) is 4.79 Å². The number of nitrogens with one attached hydrogen (secondary N) is 1. The Morgan fingerprint density at radius 1 is 1.08 bits per heavy atom. The lowest BCUT2D eigenvalue weighted by Gasteiger charge is -2.29. The summed E-state index contributed by atoms with van der Waals surface area (Å²) in [6, 6.07) is 10.4. The number of hydrogen-bond donors (Lipinski definition) is 1. The summed E-state index contributed by atoms with van der Waals surface area (Å²) in [5, 5.41) is 5.47. The molecule has 0 aromatic heterocycles. The van der Waals surface area contributed by atoms with Crippen molar-refractivity contribution in [2.24, 2.45) is 5.92 Å². The smallest absolute Gasteiger partial charge is 0.227 e. The van der Waals surface area contributed by atoms with E-state index in [2.05, 4.69) is 23.5 Å². The van der Waals surface area contributed by atoms with Crippen molar-refractivity contribution in [1.82, 2.24) is 4.31 Å². The lowest BCUT2D eigenvalue weighted by Crippen LogP contribution is -2.40. The van der Waals surface area contributed by atoms with Gasteiger partial charge in [-0.1, -0.05) is 24.3 Å². The van der Waals surface area contributed by atoms with Gasteiger partial charge in [0.25, 0.3) is 0 Å². The van der Waals surface area contributed by atoms with Gasteiger partial charge >= 0.3 is 0 Å². The van der Waals surface area contributed by atoms with Crippen LogP contribution in [0.25, 0.3) is 10.8 Å². The van der Waals surface area contributed by atoms with Gasteiger partial charge in [0.2, 0.25) is 15.9 Å². The van der Waals surface area contributed by atoms with E-state index in [4.69, 9.17) is 0 Å². The van der Waals surface area contributed by atoms with Crippen LogP contribution < -0.4 is 5.32 Å². The monoisotopic (exact) mass is 358 g/mol. The minimum atomic E-state index is -3.16. The lowest BCUT2D eigenvalue weighted by atomic mass is 9.96. The van der Waals surface area contributed by atoms with Gasteiger partial charge in [-0.25, -0.2) is 12.7 Å². The zero-order valence-corrected chi connectivity index (χ0v) is 15.1. The quantitative estimate of drug-likeness (QED) is 0.917. The van der Waals surface area contributed by atoms with Crippen LogP contribution in [0.1, 0.15) is 24.0 Å². The van der Waals surface area contributed by atoms with E-state index < -0.39 is 10.0 Å². The molecule has 1 aliphatic carbocycles. The second-order valence-electron chi connectivity index (χ2n) is 7.04. The second-order valence-corrected chi connectivity index (χ2v) is 9.02. The first-order valence-corrected chi connectivity index (χ1v) is 10.6. The van der Waals surface area contributed by atoms with Crippen LogP contribution in [0, 0.1) is 5.92 Å². The van der Waals surface area contributed by atoms with E-state index in [9.17, 15) is 13.2 Å². The molecule has 2 aromatic rings. The summed E-state index contributed by atoms with van der Waals surface area (Å²) in [6.45, 7) is 0.835. The molecule has 1 heterocycles. The zero-order valence-electron chi connectivity index (χ0n) is 14.3. The lowest BCUT2D eigenvalue weighted by molar-refractivity contribution is -0.120. The van der Waals surface area contributed by atoms with E-state index in [1.807, 2.05) is 12.1 Å². The molecule has 4 rings (SSSR count). The largest absolute Gasteiger partial charge is 0.325 e. The molecule has 1 saturated heterocycles. The standard InChI is InChI=1S/C19H22N2O3S/c1-25(23,24)21-11-9-15(10-12-21)19(22)20-17-8-7-14-6-5-13-3-2-4-16(17)18(13)14/h2-4,7-8,15H,5-6,9-12H2,1H3,(H,20,22). The van der Waals surface area contributed by atoms with Crippen LogP contribution in [-0.2, 0) is 27.7 Å². The first-order valence-electron chi connectivity index (χ1n) is 8.73. The average Bonchev–Trinajstić information content (AvgIpc) is 3.01. The van der Waals surface area contributed by atoms with E-state index in [0.29, 0.717) is 25.9 Å². The molecule has 1 N–H and O–H groups in total. The number of benzene rings is 2. The van der Waals surface area contributed by atoms with Gasteiger partial charge in [-0.15, -0.1) is 0 Å². The molecule has 1 aliphatic heterocycles. The van der Waals surface area contributed by atoms with Crippen molar-refractivity contribution < 1.29 is 13.2 Å². The molecule has 1 amide bonds. The van der Waals surface area contributed by atoms with Gasteiger partial charge in [0.1, 0.15) is 0 Å². The van der Waals surface area contributed by atoms with E-state index in [1.54, 1.807) is 0 Å². The van der Waals surface area contributed by atoms with Gasteiger partial charge < -0.3 is 5.32 Å². The maximum Gasteiger partial charge on any atom is 0.227 e. The summed E-state index contributed by atoms with van der Waals surface area (Å²) in [5.74, 6) is -0.145. The van der Waals surface area contributed by atoms with Gasteiger partial charge in [0, 0.05) is 30.1 Å². The van der Waals surface area contributed by atoms with E-state index in [0.717, 1.165) is 23.9 Å². The second kappa shape index (κ2) is 6.11. The average molecular weight is 358 g/mol. The molecule has 5 nitrogen and oxygen atoms in total. The van der Waals surface area contributed by atoms with E-state index in [1.165, 1.54) is 27.1 Å². The van der Waals surface area contributed by atoms with Crippen molar-refractivity contribution in [2.75, 3.05) is 24.7 Å². The third-order valence-corrected chi connectivity index (χ3v) is 6.73. The van der Waals surface area contributed by atoms with Crippen molar-refractivity contribution in [2.45, 2.75) is 25.7 Å². The van der Waals surface area contributed by atoms with Crippen molar-refractivity contribution in [3.8, 4) is 0 Å². The highest BCUT2D eigenvalue weighted by atomic mass is 32.2. The first kappa shape index (κ1) is 16.5. The number of aryl methyl sites for hydroxylation is 2. The fourth-order valence-corrected chi connectivity index (χ4v) is 4.91. The molecular weight excluding hydrogens is 336 g/mol. The number of amides is 1. The molecule has 1 fully saturated rings. The molecule has 6 heteroatoms. The Morgan fingerprint density at radius 2 is 1.76 bits per heavy atom. The predicted octanol–water partition coefficient (Wildman–Crippen LogP) is 2.55. The van der Waals surface area contributed by atoms with Gasteiger partial charge in [-0.05, 0) is 48.3 Å². The number of piperidine rings is 1. The van der Waals surface area contributed by atoms with E-state index in [-0.39, 0.29) is 11.8 Å². The molecule has 0 radical (unpaired) electrons. The van der Waals surface area contributed by atoms with Crippen LogP contribution in [0.5, 0.6) is 0 Å². The van der Waals surface area contributed by atoms with Crippen molar-refractivity contribution in [3.63, 3.8) is 0 Å². The van der Waals surface area contributed by atoms with Gasteiger partial charge in [0.15, 0.2) is 0 Å². The third-order valence-electron chi connectivity index (χ3n) is 5.43. The summed E-state index contributed by atoms with van der Waals surface area (Å²) < 4.78 is 24.6. The Morgan fingerprint density at radius 3 is 2.44 bits per heavy atom. The topological polar surface area (TPSA) is 66.5 Å². The Labute approximate surface area is 148 Å². The number of carbonyl (C=O) groups is 1. The van der Waals surface area contributed by atoms with Crippen LogP contribution in [0.4, 0.5) is 5.69 Å². The van der Waals surface area contributed by atoms with Crippen LogP contribution in [0.2, 0.25) is 0 Å². The summed E-state index contributed by atoms with van der Waals surface area (Å²) >= 11 is 0. The summed E-state index contributed by atoms with van der Waals surface area (Å²) in [7, 11) is -3.16. The number of rotatable bonds is 3. The Balaban J connectivity index is 1.52. The van der Waals surface area contributed by atoms with Crippen molar-refractivity contribution >= 4 is 32.4 Å². The minimum Gasteiger partial charge on any atom is -0.325 e. The van der Waals surface area contributed by atoms with Gasteiger partial charge in [0.05, 0.1) is 6.26 Å². The molecule has 2 aliphatic rings. The third kappa shape index (κ3) is 3.04. The van der Waals surface area contributed by atoms with Crippen LogP contribution in [0.15, 0.2) is 30.3 Å². The number of carbonyl (C=O) groups excluding carboxylic acids is 1. The molecule has 0 unspecified atom stereocenters. The van der Waals surface area contributed by atoms with Crippen LogP contribution in [-0.4, -0.2) is 38.0 Å². The Hall–Kier alpha value is -1.92. The number of sulfonamides is 1. The normalized spacial score (nSPS) is 18.6. The Kier molecular flexibility index (Phi) is 4.04. The Bertz CT molecular complexity index is 934. The maximum atomic E-state index is 12.7. The molecule has 25 heavy (non-hydrogen) atoms. The SMILES string of the molecule is CS(=O)(=O)N1CCC(C(=O)Nc2ccc3c4c(cccc24)CC3)CC1. The van der Waals surface area contributed by atoms with Crippen LogP contribution >= 0.6 is 0 Å². The highest BCUT2D eigenvalue weighted by molar-refractivity contribution is 7.88.